The van der Waals surface area contributed by atoms with Crippen molar-refractivity contribution in [3.05, 3.63) is 17.8 Å². The Morgan fingerprint density at radius 2 is 1.92 bits per heavy atom. The van der Waals surface area contributed by atoms with Crippen LogP contribution in [0.25, 0.3) is 0 Å². The molecule has 0 N–H and O–H groups in total. The Kier molecular flexibility index (Phi) is 5.39. The largest absolute Gasteiger partial charge is 0.447 e. The van der Waals surface area contributed by atoms with Gasteiger partial charge in [-0.25, -0.2) is 4.98 Å². The summed E-state index contributed by atoms with van der Waals surface area (Å²) in [6.07, 6.45) is 13.7. The molecule has 1 aromatic heterocycles. The maximum Gasteiger partial charge on any atom is 0.222 e. The van der Waals surface area contributed by atoms with Crippen molar-refractivity contribution in [1.82, 2.24) is 14.8 Å². The van der Waals surface area contributed by atoms with Crippen molar-refractivity contribution >= 4 is 5.91 Å². The van der Waals surface area contributed by atoms with E-state index in [2.05, 4.69) is 4.90 Å². The van der Waals surface area contributed by atoms with Crippen molar-refractivity contribution in [2.75, 3.05) is 26.2 Å². The highest BCUT2D eigenvalue weighted by molar-refractivity contribution is 5.77. The Labute approximate surface area is 150 Å². The molecule has 3 fully saturated rings. The van der Waals surface area contributed by atoms with E-state index in [1.165, 1.54) is 44.2 Å². The Balaban J connectivity index is 1.31. The maximum atomic E-state index is 11.7. The average molecular weight is 345 g/mol. The first-order valence-electron chi connectivity index (χ1n) is 10.3. The fraction of sp³-hybridized carbons (Fsp3) is 0.800. The molecule has 138 valence electrons. The number of carbonyl (C=O) groups is 1. The Morgan fingerprint density at radius 1 is 1.04 bits per heavy atom. The minimum atomic E-state index is 0.336. The summed E-state index contributed by atoms with van der Waals surface area (Å²) >= 11 is 0. The molecule has 1 aliphatic carbocycles. The van der Waals surface area contributed by atoms with Crippen molar-refractivity contribution in [2.45, 2.75) is 76.2 Å². The number of amides is 1. The zero-order valence-electron chi connectivity index (χ0n) is 15.3. The lowest BCUT2D eigenvalue weighted by Gasteiger charge is -2.23. The first-order chi connectivity index (χ1) is 12.3. The normalized spacial score (nSPS) is 26.0. The number of nitrogens with zero attached hydrogens (tertiary/aromatic N) is 3. The predicted molar refractivity (Wildman–Crippen MR) is 96.3 cm³/mol. The highest BCUT2D eigenvalue weighted by Crippen LogP contribution is 2.36. The molecule has 5 nitrogen and oxygen atoms in total. The topological polar surface area (TPSA) is 49.6 Å². The SMILES string of the molecule is O=C1CCCN1CCCN1CCCC1c1nc(C2CCCCC2)co1. The van der Waals surface area contributed by atoms with Gasteiger partial charge >= 0.3 is 0 Å². The summed E-state index contributed by atoms with van der Waals surface area (Å²) in [6, 6.07) is 0.339. The van der Waals surface area contributed by atoms with Crippen LogP contribution in [-0.2, 0) is 4.79 Å². The first kappa shape index (κ1) is 17.1. The highest BCUT2D eigenvalue weighted by Gasteiger charge is 2.31. The van der Waals surface area contributed by atoms with Gasteiger partial charge in [-0.1, -0.05) is 19.3 Å². The van der Waals surface area contributed by atoms with E-state index in [-0.39, 0.29) is 0 Å². The summed E-state index contributed by atoms with van der Waals surface area (Å²) < 4.78 is 5.91. The maximum absolute atomic E-state index is 11.7. The summed E-state index contributed by atoms with van der Waals surface area (Å²) in [5, 5.41) is 0. The van der Waals surface area contributed by atoms with Crippen LogP contribution in [0.5, 0.6) is 0 Å². The molecular formula is C20H31N3O2. The summed E-state index contributed by atoms with van der Waals surface area (Å²) in [4.78, 5) is 21.2. The molecule has 5 heteroatoms. The van der Waals surface area contributed by atoms with Crippen LogP contribution in [0.3, 0.4) is 0 Å². The van der Waals surface area contributed by atoms with Gasteiger partial charge in [-0.2, -0.15) is 0 Å². The van der Waals surface area contributed by atoms with Crippen LogP contribution in [0, 0.1) is 0 Å². The second-order valence-corrected chi connectivity index (χ2v) is 7.98. The summed E-state index contributed by atoms with van der Waals surface area (Å²) in [5.41, 5.74) is 1.18. The second-order valence-electron chi connectivity index (χ2n) is 7.98. The fourth-order valence-corrected chi connectivity index (χ4v) is 4.82. The van der Waals surface area contributed by atoms with Crippen LogP contribution in [0.4, 0.5) is 0 Å². The summed E-state index contributed by atoms with van der Waals surface area (Å²) in [7, 11) is 0. The molecule has 1 atom stereocenters. The lowest BCUT2D eigenvalue weighted by molar-refractivity contribution is -0.127. The third-order valence-corrected chi connectivity index (χ3v) is 6.26. The van der Waals surface area contributed by atoms with Crippen molar-refractivity contribution in [1.29, 1.82) is 0 Å². The van der Waals surface area contributed by atoms with Gasteiger partial charge in [0.2, 0.25) is 11.8 Å². The average Bonchev–Trinajstić information content (AvgIpc) is 3.37. The third-order valence-electron chi connectivity index (χ3n) is 6.26. The van der Waals surface area contributed by atoms with E-state index in [1.807, 2.05) is 11.2 Å². The highest BCUT2D eigenvalue weighted by atomic mass is 16.3. The van der Waals surface area contributed by atoms with Crippen molar-refractivity contribution in [3.8, 4) is 0 Å². The molecular weight excluding hydrogens is 314 g/mol. The Bertz CT molecular complexity index is 579. The molecule has 1 aromatic rings. The minimum absolute atomic E-state index is 0.336. The van der Waals surface area contributed by atoms with E-state index in [0.29, 0.717) is 17.9 Å². The van der Waals surface area contributed by atoms with Crippen LogP contribution in [-0.4, -0.2) is 46.9 Å². The molecule has 25 heavy (non-hydrogen) atoms. The number of carbonyl (C=O) groups excluding carboxylic acids is 1. The predicted octanol–water partition coefficient (Wildman–Crippen LogP) is 3.87. The van der Waals surface area contributed by atoms with Gasteiger partial charge in [0.15, 0.2) is 0 Å². The Hall–Kier alpha value is -1.36. The number of hydrogen-bond donors (Lipinski definition) is 0. The zero-order chi connectivity index (χ0) is 17.1. The number of oxazole rings is 1. The molecule has 0 aromatic carbocycles. The van der Waals surface area contributed by atoms with Gasteiger partial charge in [-0.05, 0) is 45.1 Å². The van der Waals surface area contributed by atoms with Gasteiger partial charge in [-0.3, -0.25) is 9.69 Å². The molecule has 2 aliphatic heterocycles. The van der Waals surface area contributed by atoms with Gasteiger partial charge < -0.3 is 9.32 Å². The fourth-order valence-electron chi connectivity index (χ4n) is 4.82. The molecule has 1 amide bonds. The van der Waals surface area contributed by atoms with E-state index >= 15 is 0 Å². The molecule has 1 saturated carbocycles. The third kappa shape index (κ3) is 3.91. The van der Waals surface area contributed by atoms with E-state index in [4.69, 9.17) is 9.40 Å². The molecule has 0 radical (unpaired) electrons. The smallest absolute Gasteiger partial charge is 0.222 e. The van der Waals surface area contributed by atoms with Crippen LogP contribution in [0.15, 0.2) is 10.7 Å². The number of likely N-dealkylation sites (tertiary alicyclic amines) is 2. The van der Waals surface area contributed by atoms with Crippen molar-refractivity contribution < 1.29 is 9.21 Å². The van der Waals surface area contributed by atoms with Crippen molar-refractivity contribution in [3.63, 3.8) is 0 Å². The lowest BCUT2D eigenvalue weighted by atomic mass is 9.87. The van der Waals surface area contributed by atoms with Gasteiger partial charge in [0.1, 0.15) is 6.26 Å². The van der Waals surface area contributed by atoms with Crippen LogP contribution in [0.2, 0.25) is 0 Å². The standard InChI is InChI=1S/C20H31N3O2/c24-19-10-5-12-23(19)14-6-13-22-11-4-9-18(22)20-21-17(15-25-20)16-7-2-1-3-8-16/h15-16,18H,1-14H2. The van der Waals surface area contributed by atoms with Gasteiger partial charge in [0.25, 0.3) is 0 Å². The number of aromatic nitrogens is 1. The molecule has 1 unspecified atom stereocenters. The molecule has 4 rings (SSSR count). The number of rotatable bonds is 6. The molecule has 3 heterocycles. The van der Waals surface area contributed by atoms with Crippen LogP contribution in [0.1, 0.15) is 87.8 Å². The first-order valence-corrected chi connectivity index (χ1v) is 10.3. The van der Waals surface area contributed by atoms with E-state index in [0.717, 1.165) is 57.8 Å². The molecule has 0 bridgehead atoms. The van der Waals surface area contributed by atoms with Gasteiger partial charge in [-0.15, -0.1) is 0 Å². The lowest BCUT2D eigenvalue weighted by Crippen LogP contribution is -2.30. The quantitative estimate of drug-likeness (QED) is 0.785. The van der Waals surface area contributed by atoms with Crippen LogP contribution >= 0.6 is 0 Å². The number of hydrogen-bond acceptors (Lipinski definition) is 4. The summed E-state index contributed by atoms with van der Waals surface area (Å²) in [6.45, 7) is 4.02. The van der Waals surface area contributed by atoms with Crippen LogP contribution < -0.4 is 0 Å². The molecule has 3 aliphatic rings. The summed E-state index contributed by atoms with van der Waals surface area (Å²) in [5.74, 6) is 1.88. The van der Waals surface area contributed by atoms with Crippen molar-refractivity contribution in [2.24, 2.45) is 0 Å². The second kappa shape index (κ2) is 7.90. The minimum Gasteiger partial charge on any atom is -0.447 e. The molecule has 0 spiro atoms. The van der Waals surface area contributed by atoms with Gasteiger partial charge in [0.05, 0.1) is 11.7 Å². The molecule has 2 saturated heterocycles. The van der Waals surface area contributed by atoms with E-state index < -0.39 is 0 Å². The van der Waals surface area contributed by atoms with Gasteiger partial charge in [0, 0.05) is 32.0 Å². The zero-order valence-corrected chi connectivity index (χ0v) is 15.3. The van der Waals surface area contributed by atoms with E-state index in [9.17, 15) is 4.79 Å². The Morgan fingerprint density at radius 3 is 2.72 bits per heavy atom. The van der Waals surface area contributed by atoms with E-state index in [1.54, 1.807) is 0 Å². The monoisotopic (exact) mass is 345 g/mol.